The van der Waals surface area contributed by atoms with E-state index in [9.17, 15) is 27.6 Å². The Morgan fingerprint density at radius 3 is 2.19 bits per heavy atom. The van der Waals surface area contributed by atoms with Gasteiger partial charge in [-0.15, -0.1) is 6.58 Å². The molecule has 4 amide bonds. The van der Waals surface area contributed by atoms with Crippen molar-refractivity contribution in [3.8, 4) is 0 Å². The molecule has 6 atom stereocenters. The fraction of sp³-hybridized carbons (Fsp3) is 0.613. The van der Waals surface area contributed by atoms with Crippen molar-refractivity contribution in [1.29, 1.82) is 0 Å². The van der Waals surface area contributed by atoms with E-state index in [4.69, 9.17) is 4.74 Å². The first kappa shape index (κ1) is 32.5. The molecule has 12 heteroatoms. The first-order chi connectivity index (χ1) is 19.7. The minimum atomic E-state index is -4.19. The maximum atomic E-state index is 14.1. The minimum Gasteiger partial charge on any atom is -0.444 e. The molecule has 11 nitrogen and oxygen atoms in total. The van der Waals surface area contributed by atoms with Gasteiger partial charge in [-0.25, -0.2) is 17.9 Å². The Balaban J connectivity index is 1.58. The molecular weight excluding hydrogens is 572 g/mol. The highest BCUT2D eigenvalue weighted by molar-refractivity contribution is 7.90. The molecule has 0 aromatic heterocycles. The van der Waals surface area contributed by atoms with Gasteiger partial charge in [-0.3, -0.25) is 14.4 Å². The zero-order chi connectivity index (χ0) is 32.3. The van der Waals surface area contributed by atoms with Gasteiger partial charge in [0.1, 0.15) is 23.2 Å². The summed E-state index contributed by atoms with van der Waals surface area (Å²) in [6.07, 6.45) is 0.937. The number of hydrogen-bond donors (Lipinski definition) is 3. The molecule has 43 heavy (non-hydrogen) atoms. The summed E-state index contributed by atoms with van der Waals surface area (Å²) in [6, 6.07) is 5.57. The SMILES string of the molecule is C=CC1C[C@]1(NC(=O)[C@@H]1C2[C@H](CN1C(=O)[C@@H](NC(=O)OC(C)(C)C)C(C)(C)C)C2(C)C)C(=O)NS(=O)(=O)c1ccccc1. The van der Waals surface area contributed by atoms with Crippen LogP contribution in [0.15, 0.2) is 47.9 Å². The van der Waals surface area contributed by atoms with Gasteiger partial charge in [0.2, 0.25) is 11.8 Å². The van der Waals surface area contributed by atoms with Crippen molar-refractivity contribution < 1.29 is 32.3 Å². The number of likely N-dealkylation sites (tertiary alicyclic amines) is 1. The van der Waals surface area contributed by atoms with E-state index in [0.29, 0.717) is 6.54 Å². The van der Waals surface area contributed by atoms with Gasteiger partial charge in [0.25, 0.3) is 15.9 Å². The second-order valence-electron chi connectivity index (χ2n) is 14.6. The molecule has 2 unspecified atom stereocenters. The van der Waals surface area contributed by atoms with Crippen molar-refractivity contribution in [2.24, 2.45) is 28.6 Å². The van der Waals surface area contributed by atoms with Crippen LogP contribution in [0.1, 0.15) is 61.8 Å². The van der Waals surface area contributed by atoms with Crippen LogP contribution in [0.4, 0.5) is 4.79 Å². The molecule has 3 fully saturated rings. The van der Waals surface area contributed by atoms with Crippen LogP contribution >= 0.6 is 0 Å². The summed E-state index contributed by atoms with van der Waals surface area (Å²) < 4.78 is 33.4. The monoisotopic (exact) mass is 616 g/mol. The Morgan fingerprint density at radius 2 is 1.67 bits per heavy atom. The smallest absolute Gasteiger partial charge is 0.408 e. The summed E-state index contributed by atoms with van der Waals surface area (Å²) in [5, 5.41) is 5.53. The lowest BCUT2D eigenvalue weighted by Gasteiger charge is -2.38. The molecule has 0 spiro atoms. The molecule has 1 saturated heterocycles. The van der Waals surface area contributed by atoms with Gasteiger partial charge in [0, 0.05) is 12.5 Å². The molecule has 236 valence electrons. The fourth-order valence-electron chi connectivity index (χ4n) is 6.25. The number of benzene rings is 1. The van der Waals surface area contributed by atoms with Crippen LogP contribution in [0.5, 0.6) is 0 Å². The lowest BCUT2D eigenvalue weighted by atomic mass is 9.85. The molecule has 4 rings (SSSR count). The Kier molecular flexibility index (Phi) is 8.04. The predicted molar refractivity (Wildman–Crippen MR) is 160 cm³/mol. The molecule has 0 radical (unpaired) electrons. The third-order valence-electron chi connectivity index (χ3n) is 8.87. The standard InChI is InChI=1S/C31H44N4O7S/c1-10-18-16-31(18,26(38)34-43(40,41)19-14-12-11-13-15-19)33-24(36)22-21-20(30(21,8)9)17-35(22)25(37)23(28(2,3)4)32-27(39)42-29(5,6)7/h10-15,18,20-23H,1,16-17H2,2-9H3,(H,32,39)(H,33,36)(H,34,38)/t18?,20-,21?,22-,23+,31+/m0/s1. The van der Waals surface area contributed by atoms with Gasteiger partial charge in [0.15, 0.2) is 0 Å². The van der Waals surface area contributed by atoms with Crippen molar-refractivity contribution in [1.82, 2.24) is 20.3 Å². The number of nitrogens with zero attached hydrogens (tertiary/aromatic N) is 1. The van der Waals surface area contributed by atoms with Crippen molar-refractivity contribution in [2.75, 3.05) is 6.54 Å². The number of fused-ring (bicyclic) bond motifs is 1. The Bertz CT molecular complexity index is 1430. The third kappa shape index (κ3) is 6.30. The Morgan fingerprint density at radius 1 is 1.07 bits per heavy atom. The number of hydrogen-bond acceptors (Lipinski definition) is 7. The normalized spacial score (nSPS) is 28.1. The van der Waals surface area contributed by atoms with Crippen LogP contribution in [-0.4, -0.2) is 66.9 Å². The number of alkyl carbamates (subject to hydrolysis) is 1. The van der Waals surface area contributed by atoms with Crippen molar-refractivity contribution >= 4 is 33.8 Å². The van der Waals surface area contributed by atoms with Crippen molar-refractivity contribution in [3.63, 3.8) is 0 Å². The predicted octanol–water partition coefficient (Wildman–Crippen LogP) is 2.97. The summed E-state index contributed by atoms with van der Waals surface area (Å²) in [6.45, 7) is 18.7. The van der Waals surface area contributed by atoms with Gasteiger partial charge in [-0.1, -0.05) is 58.9 Å². The molecule has 3 aliphatic rings. The second-order valence-corrected chi connectivity index (χ2v) is 16.3. The highest BCUT2D eigenvalue weighted by Crippen LogP contribution is 2.65. The lowest BCUT2D eigenvalue weighted by molar-refractivity contribution is -0.144. The molecule has 1 aliphatic heterocycles. The number of amides is 4. The minimum absolute atomic E-state index is 0.0481. The number of rotatable bonds is 8. The highest BCUT2D eigenvalue weighted by Gasteiger charge is 2.71. The molecular formula is C31H44N4O7S. The number of carbonyl (C=O) groups is 4. The van der Waals surface area contributed by atoms with Gasteiger partial charge in [-0.05, 0) is 62.0 Å². The fourth-order valence-corrected chi connectivity index (χ4v) is 7.31. The number of nitrogens with one attached hydrogen (secondary N) is 3. The maximum absolute atomic E-state index is 14.1. The number of sulfonamides is 1. The second kappa shape index (κ2) is 10.6. The van der Waals surface area contributed by atoms with Gasteiger partial charge in [0.05, 0.1) is 4.90 Å². The van der Waals surface area contributed by atoms with E-state index in [0.717, 1.165) is 0 Å². The first-order valence-electron chi connectivity index (χ1n) is 14.5. The number of ether oxygens (including phenoxy) is 1. The summed E-state index contributed by atoms with van der Waals surface area (Å²) in [5.74, 6) is -2.46. The quantitative estimate of drug-likeness (QED) is 0.380. The molecule has 2 saturated carbocycles. The van der Waals surface area contributed by atoms with E-state index in [1.807, 2.05) is 34.6 Å². The zero-order valence-electron chi connectivity index (χ0n) is 26.2. The first-order valence-corrected chi connectivity index (χ1v) is 16.0. The van der Waals surface area contributed by atoms with E-state index in [1.54, 1.807) is 39.0 Å². The molecule has 0 bridgehead atoms. The summed E-state index contributed by atoms with van der Waals surface area (Å²) >= 11 is 0. The summed E-state index contributed by atoms with van der Waals surface area (Å²) in [4.78, 5) is 55.7. The topological polar surface area (TPSA) is 151 Å². The Hall–Kier alpha value is -3.41. The third-order valence-corrected chi connectivity index (χ3v) is 10.2. The summed E-state index contributed by atoms with van der Waals surface area (Å²) in [5.41, 5.74) is -3.23. The zero-order valence-corrected chi connectivity index (χ0v) is 27.0. The van der Waals surface area contributed by atoms with Crippen LogP contribution in [0.3, 0.4) is 0 Å². The van der Waals surface area contributed by atoms with E-state index in [1.165, 1.54) is 23.1 Å². The van der Waals surface area contributed by atoms with E-state index >= 15 is 0 Å². The van der Waals surface area contributed by atoms with Crippen LogP contribution in [-0.2, 0) is 29.1 Å². The largest absolute Gasteiger partial charge is 0.444 e. The lowest BCUT2D eigenvalue weighted by Crippen LogP contribution is -2.61. The van der Waals surface area contributed by atoms with Crippen molar-refractivity contribution in [3.05, 3.63) is 43.0 Å². The average Bonchev–Trinajstić information content (AvgIpc) is 3.63. The van der Waals surface area contributed by atoms with Gasteiger partial charge >= 0.3 is 6.09 Å². The summed E-state index contributed by atoms with van der Waals surface area (Å²) in [7, 11) is -4.19. The van der Waals surface area contributed by atoms with Gasteiger partial charge in [-0.2, -0.15) is 0 Å². The highest BCUT2D eigenvalue weighted by atomic mass is 32.2. The van der Waals surface area contributed by atoms with Crippen LogP contribution < -0.4 is 15.4 Å². The van der Waals surface area contributed by atoms with E-state index < -0.39 is 68.4 Å². The Labute approximate surface area is 254 Å². The van der Waals surface area contributed by atoms with E-state index in [-0.39, 0.29) is 28.6 Å². The maximum Gasteiger partial charge on any atom is 0.408 e. The average molecular weight is 617 g/mol. The van der Waals surface area contributed by atoms with Crippen LogP contribution in [0, 0.1) is 28.6 Å². The molecule has 1 aromatic rings. The van der Waals surface area contributed by atoms with Crippen LogP contribution in [0.2, 0.25) is 0 Å². The molecule has 2 aliphatic carbocycles. The molecule has 1 heterocycles. The number of carbonyl (C=O) groups excluding carboxylic acids is 4. The van der Waals surface area contributed by atoms with Crippen molar-refractivity contribution in [2.45, 2.75) is 89.9 Å². The molecule has 3 N–H and O–H groups in total. The number of piperidine rings is 1. The molecule has 1 aromatic carbocycles. The van der Waals surface area contributed by atoms with E-state index in [2.05, 4.69) is 21.9 Å². The van der Waals surface area contributed by atoms with Crippen LogP contribution in [0.25, 0.3) is 0 Å². The van der Waals surface area contributed by atoms with Gasteiger partial charge < -0.3 is 20.3 Å².